The highest BCUT2D eigenvalue weighted by Gasteiger charge is 2.28. The van der Waals surface area contributed by atoms with Crippen molar-refractivity contribution in [2.75, 3.05) is 25.0 Å². The summed E-state index contributed by atoms with van der Waals surface area (Å²) >= 11 is 0. The van der Waals surface area contributed by atoms with E-state index in [-0.39, 0.29) is 5.91 Å². The number of fused-ring (bicyclic) bond motifs is 1. The Kier molecular flexibility index (Phi) is 4.53. The molecule has 1 aromatic heterocycles. The van der Waals surface area contributed by atoms with Gasteiger partial charge < -0.3 is 10.6 Å². The number of rotatable bonds is 3. The van der Waals surface area contributed by atoms with Crippen molar-refractivity contribution in [3.05, 3.63) is 30.1 Å². The van der Waals surface area contributed by atoms with Crippen molar-refractivity contribution in [2.24, 2.45) is 0 Å². The molecule has 6 heteroatoms. The number of hydrogen-bond donors (Lipinski definition) is 2. The standard InChI is InChI=1S/C19H25N5O/c1-13-2-7-17-16(10-13)19(22-12-21-17)23-14-3-5-15(6-4-14)24-9-8-20-18(25)11-24/h2,7,10,12,14-15H,3-6,8-9,11H2,1H3,(H,20,25)(H,21,22,23). The van der Waals surface area contributed by atoms with Gasteiger partial charge >= 0.3 is 0 Å². The maximum absolute atomic E-state index is 11.6. The number of hydrogen-bond acceptors (Lipinski definition) is 5. The van der Waals surface area contributed by atoms with Gasteiger partial charge in [0.2, 0.25) is 5.91 Å². The molecular formula is C19H25N5O. The van der Waals surface area contributed by atoms with Crippen LogP contribution >= 0.6 is 0 Å². The highest BCUT2D eigenvalue weighted by atomic mass is 16.2. The van der Waals surface area contributed by atoms with Crippen LogP contribution in [0.25, 0.3) is 10.9 Å². The van der Waals surface area contributed by atoms with Crippen molar-refractivity contribution in [3.63, 3.8) is 0 Å². The molecule has 0 spiro atoms. The van der Waals surface area contributed by atoms with Crippen LogP contribution in [0.2, 0.25) is 0 Å². The van der Waals surface area contributed by atoms with Crippen LogP contribution in [0.5, 0.6) is 0 Å². The molecule has 2 fully saturated rings. The molecule has 25 heavy (non-hydrogen) atoms. The highest BCUT2D eigenvalue weighted by molar-refractivity contribution is 5.89. The van der Waals surface area contributed by atoms with Crippen LogP contribution in [0.15, 0.2) is 24.5 Å². The molecule has 1 amide bonds. The highest BCUT2D eigenvalue weighted by Crippen LogP contribution is 2.28. The van der Waals surface area contributed by atoms with Crippen molar-refractivity contribution >= 4 is 22.6 Å². The summed E-state index contributed by atoms with van der Waals surface area (Å²) in [6.07, 6.45) is 6.12. The molecule has 2 aromatic rings. The lowest BCUT2D eigenvalue weighted by Crippen LogP contribution is -2.52. The fourth-order valence-corrected chi connectivity index (χ4v) is 4.03. The van der Waals surface area contributed by atoms with E-state index in [4.69, 9.17) is 0 Å². The van der Waals surface area contributed by atoms with E-state index in [9.17, 15) is 4.79 Å². The summed E-state index contributed by atoms with van der Waals surface area (Å²) in [4.78, 5) is 22.8. The van der Waals surface area contributed by atoms with E-state index in [1.165, 1.54) is 5.56 Å². The van der Waals surface area contributed by atoms with Gasteiger partial charge in [-0.25, -0.2) is 9.97 Å². The number of anilines is 1. The summed E-state index contributed by atoms with van der Waals surface area (Å²) in [5.41, 5.74) is 2.20. The number of carbonyl (C=O) groups is 1. The number of piperazine rings is 1. The first-order valence-corrected chi connectivity index (χ1v) is 9.18. The van der Waals surface area contributed by atoms with Gasteiger partial charge in [-0.3, -0.25) is 9.69 Å². The van der Waals surface area contributed by atoms with Gasteiger partial charge in [0.25, 0.3) is 0 Å². The molecule has 1 saturated heterocycles. The third kappa shape index (κ3) is 3.58. The van der Waals surface area contributed by atoms with E-state index < -0.39 is 0 Å². The van der Waals surface area contributed by atoms with Crippen molar-refractivity contribution in [2.45, 2.75) is 44.7 Å². The molecular weight excluding hydrogens is 314 g/mol. The zero-order valence-electron chi connectivity index (χ0n) is 14.7. The Hall–Kier alpha value is -2.21. The van der Waals surface area contributed by atoms with Crippen LogP contribution in [-0.2, 0) is 4.79 Å². The molecule has 0 bridgehead atoms. The average molecular weight is 339 g/mol. The number of amides is 1. The van der Waals surface area contributed by atoms with Crippen molar-refractivity contribution in [1.82, 2.24) is 20.2 Å². The number of benzene rings is 1. The molecule has 1 aliphatic heterocycles. The lowest BCUT2D eigenvalue weighted by Gasteiger charge is -2.38. The molecule has 2 aliphatic rings. The quantitative estimate of drug-likeness (QED) is 0.896. The third-order valence-corrected chi connectivity index (χ3v) is 5.41. The third-order valence-electron chi connectivity index (χ3n) is 5.41. The molecule has 0 radical (unpaired) electrons. The Morgan fingerprint density at radius 2 is 2.04 bits per heavy atom. The summed E-state index contributed by atoms with van der Waals surface area (Å²) in [6.45, 7) is 4.41. The van der Waals surface area contributed by atoms with E-state index in [0.29, 0.717) is 18.6 Å². The lowest BCUT2D eigenvalue weighted by atomic mass is 9.89. The van der Waals surface area contributed by atoms with Crippen LogP contribution in [0.1, 0.15) is 31.2 Å². The first-order valence-electron chi connectivity index (χ1n) is 9.18. The molecule has 1 aromatic carbocycles. The summed E-state index contributed by atoms with van der Waals surface area (Å²) in [5.74, 6) is 1.10. The van der Waals surface area contributed by atoms with Crippen molar-refractivity contribution in [3.8, 4) is 0 Å². The van der Waals surface area contributed by atoms with Crippen LogP contribution in [-0.4, -0.2) is 52.5 Å². The fraction of sp³-hybridized carbons (Fsp3) is 0.526. The van der Waals surface area contributed by atoms with Crippen LogP contribution in [0.3, 0.4) is 0 Å². The van der Waals surface area contributed by atoms with Gasteiger partial charge in [0.05, 0.1) is 12.1 Å². The minimum Gasteiger partial charge on any atom is -0.367 e. The molecule has 1 aliphatic carbocycles. The SMILES string of the molecule is Cc1ccc2ncnc(NC3CCC(N4CCNC(=O)C4)CC3)c2c1. The first-order chi connectivity index (χ1) is 12.2. The Morgan fingerprint density at radius 3 is 2.84 bits per heavy atom. The van der Waals surface area contributed by atoms with Gasteiger partial charge in [0.15, 0.2) is 0 Å². The van der Waals surface area contributed by atoms with Crippen LogP contribution in [0, 0.1) is 6.92 Å². The summed E-state index contributed by atoms with van der Waals surface area (Å²) < 4.78 is 0. The summed E-state index contributed by atoms with van der Waals surface area (Å²) in [5, 5.41) is 7.64. The molecule has 2 heterocycles. The Balaban J connectivity index is 1.40. The second-order valence-corrected chi connectivity index (χ2v) is 7.21. The maximum Gasteiger partial charge on any atom is 0.234 e. The topological polar surface area (TPSA) is 70.2 Å². The Labute approximate surface area is 148 Å². The van der Waals surface area contributed by atoms with E-state index in [1.807, 2.05) is 0 Å². The number of carbonyl (C=O) groups excluding carboxylic acids is 1. The summed E-state index contributed by atoms with van der Waals surface area (Å²) in [6, 6.07) is 7.26. The number of aryl methyl sites for hydroxylation is 1. The molecule has 132 valence electrons. The second kappa shape index (κ2) is 6.96. The average Bonchev–Trinajstić information content (AvgIpc) is 2.63. The second-order valence-electron chi connectivity index (χ2n) is 7.21. The normalized spacial score (nSPS) is 24.9. The number of aromatic nitrogens is 2. The number of nitrogens with zero attached hydrogens (tertiary/aromatic N) is 3. The molecule has 0 unspecified atom stereocenters. The summed E-state index contributed by atoms with van der Waals surface area (Å²) in [7, 11) is 0. The predicted molar refractivity (Wildman–Crippen MR) is 98.5 cm³/mol. The lowest BCUT2D eigenvalue weighted by molar-refractivity contribution is -0.125. The molecule has 4 rings (SSSR count). The first kappa shape index (κ1) is 16.3. The van der Waals surface area contributed by atoms with E-state index in [2.05, 4.69) is 50.6 Å². The van der Waals surface area contributed by atoms with Gasteiger partial charge in [-0.15, -0.1) is 0 Å². The zero-order chi connectivity index (χ0) is 17.2. The fourth-order valence-electron chi connectivity index (χ4n) is 4.03. The van der Waals surface area contributed by atoms with Crippen molar-refractivity contribution in [1.29, 1.82) is 0 Å². The Bertz CT molecular complexity index is 769. The van der Waals surface area contributed by atoms with Crippen LogP contribution < -0.4 is 10.6 Å². The molecule has 2 N–H and O–H groups in total. The minimum absolute atomic E-state index is 0.161. The largest absolute Gasteiger partial charge is 0.367 e. The van der Waals surface area contributed by atoms with Crippen LogP contribution in [0.4, 0.5) is 5.82 Å². The van der Waals surface area contributed by atoms with Gasteiger partial charge in [-0.2, -0.15) is 0 Å². The predicted octanol–water partition coefficient (Wildman–Crippen LogP) is 2.09. The van der Waals surface area contributed by atoms with E-state index in [1.54, 1.807) is 6.33 Å². The Morgan fingerprint density at radius 1 is 1.20 bits per heavy atom. The van der Waals surface area contributed by atoms with Gasteiger partial charge in [0, 0.05) is 30.6 Å². The monoisotopic (exact) mass is 339 g/mol. The maximum atomic E-state index is 11.6. The van der Waals surface area contributed by atoms with Gasteiger partial charge in [0.1, 0.15) is 12.1 Å². The molecule has 6 nitrogen and oxygen atoms in total. The molecule has 1 saturated carbocycles. The van der Waals surface area contributed by atoms with Gasteiger partial charge in [-0.1, -0.05) is 11.6 Å². The number of nitrogens with one attached hydrogen (secondary N) is 2. The van der Waals surface area contributed by atoms with E-state index in [0.717, 1.165) is 55.5 Å². The minimum atomic E-state index is 0.161. The van der Waals surface area contributed by atoms with E-state index >= 15 is 0 Å². The smallest absolute Gasteiger partial charge is 0.234 e. The van der Waals surface area contributed by atoms with Gasteiger partial charge in [-0.05, 0) is 44.7 Å². The van der Waals surface area contributed by atoms with Crippen molar-refractivity contribution < 1.29 is 4.79 Å². The molecule has 0 atom stereocenters. The zero-order valence-corrected chi connectivity index (χ0v) is 14.7.